The highest BCUT2D eigenvalue weighted by molar-refractivity contribution is 5.96. The molecule has 1 heterocycles. The fraction of sp³-hybridized carbons (Fsp3) is 0.400. The van der Waals surface area contributed by atoms with Gasteiger partial charge in [-0.1, -0.05) is 6.07 Å². The molecule has 23 heavy (non-hydrogen) atoms. The van der Waals surface area contributed by atoms with E-state index < -0.39 is 12.2 Å². The summed E-state index contributed by atoms with van der Waals surface area (Å²) >= 11 is 0. The number of carboxylic acid groups (broad SMARTS) is 1. The Morgan fingerprint density at radius 1 is 1.52 bits per heavy atom. The number of nitrogens with zero attached hydrogens (tertiary/aromatic N) is 1. The molecular formula is C15H20N4O4. The van der Waals surface area contributed by atoms with Gasteiger partial charge in [-0.2, -0.15) is 0 Å². The van der Waals surface area contributed by atoms with Crippen molar-refractivity contribution in [3.05, 3.63) is 23.8 Å². The predicted octanol–water partition coefficient (Wildman–Crippen LogP) is 0.660. The fourth-order valence-corrected chi connectivity index (χ4v) is 2.48. The van der Waals surface area contributed by atoms with Crippen LogP contribution < -0.4 is 21.5 Å². The Bertz CT molecular complexity index is 640. The second-order valence-electron chi connectivity index (χ2n) is 5.41. The summed E-state index contributed by atoms with van der Waals surface area (Å²) in [7, 11) is 0. The van der Waals surface area contributed by atoms with Crippen LogP contribution in [-0.4, -0.2) is 29.2 Å². The molecule has 0 aromatic heterocycles. The Labute approximate surface area is 133 Å². The Balaban J connectivity index is 2.07. The number of benzene rings is 1. The number of guanidine groups is 1. The third kappa shape index (κ3) is 4.60. The Morgan fingerprint density at radius 3 is 2.91 bits per heavy atom. The molecule has 2 rings (SSSR count). The van der Waals surface area contributed by atoms with E-state index in [1.807, 2.05) is 6.07 Å². The van der Waals surface area contributed by atoms with E-state index in [2.05, 4.69) is 10.3 Å². The number of carbonyl (C=O) groups excluding carboxylic acids is 1. The van der Waals surface area contributed by atoms with E-state index in [9.17, 15) is 9.59 Å². The van der Waals surface area contributed by atoms with E-state index in [0.717, 1.165) is 5.56 Å². The predicted molar refractivity (Wildman–Crippen MR) is 85.0 cm³/mol. The number of nitrogens with one attached hydrogen (secondary N) is 1. The molecule has 1 aromatic carbocycles. The van der Waals surface area contributed by atoms with Crippen molar-refractivity contribution < 1.29 is 19.4 Å². The quantitative estimate of drug-likeness (QED) is 0.448. The number of anilines is 1. The Kier molecular flexibility index (Phi) is 5.05. The second-order valence-corrected chi connectivity index (χ2v) is 5.41. The maximum absolute atomic E-state index is 12.0. The van der Waals surface area contributed by atoms with Gasteiger partial charge in [-0.15, -0.1) is 0 Å². The lowest BCUT2D eigenvalue weighted by molar-refractivity contribution is -0.137. The van der Waals surface area contributed by atoms with Gasteiger partial charge in [0, 0.05) is 24.1 Å². The number of hydrogen-bond donors (Lipinski definition) is 4. The number of carboxylic acids is 1. The van der Waals surface area contributed by atoms with Gasteiger partial charge in [0.25, 0.3) is 0 Å². The van der Waals surface area contributed by atoms with Crippen molar-refractivity contribution in [3.63, 3.8) is 0 Å². The molecule has 2 unspecified atom stereocenters. The van der Waals surface area contributed by atoms with Crippen LogP contribution in [0.1, 0.15) is 25.3 Å². The van der Waals surface area contributed by atoms with Gasteiger partial charge in [-0.3, -0.25) is 9.59 Å². The van der Waals surface area contributed by atoms with Crippen molar-refractivity contribution in [2.24, 2.45) is 22.4 Å². The van der Waals surface area contributed by atoms with Gasteiger partial charge in [0.2, 0.25) is 5.91 Å². The van der Waals surface area contributed by atoms with Crippen LogP contribution in [0.15, 0.2) is 23.2 Å². The van der Waals surface area contributed by atoms with E-state index in [-0.39, 0.29) is 24.2 Å². The largest absolute Gasteiger partial charge is 0.481 e. The lowest BCUT2D eigenvalue weighted by atomic mass is 9.89. The summed E-state index contributed by atoms with van der Waals surface area (Å²) in [6.45, 7) is 1.69. The molecular weight excluding hydrogens is 300 g/mol. The second kappa shape index (κ2) is 6.99. The molecule has 0 fully saturated rings. The Morgan fingerprint density at radius 2 is 2.26 bits per heavy atom. The van der Waals surface area contributed by atoms with Crippen LogP contribution >= 0.6 is 0 Å². The van der Waals surface area contributed by atoms with Crippen LogP contribution in [0.3, 0.4) is 0 Å². The third-order valence-corrected chi connectivity index (χ3v) is 3.52. The van der Waals surface area contributed by atoms with Gasteiger partial charge in [0.1, 0.15) is 5.75 Å². The van der Waals surface area contributed by atoms with Crippen molar-refractivity contribution in [1.29, 1.82) is 0 Å². The molecule has 1 aromatic rings. The molecule has 8 heteroatoms. The van der Waals surface area contributed by atoms with Crippen molar-refractivity contribution in [1.82, 2.24) is 0 Å². The van der Waals surface area contributed by atoms with Crippen LogP contribution in [0.5, 0.6) is 5.75 Å². The molecule has 0 spiro atoms. The summed E-state index contributed by atoms with van der Waals surface area (Å²) < 4.78 is 5.56. The highest BCUT2D eigenvalue weighted by Crippen LogP contribution is 2.31. The first-order valence-electron chi connectivity index (χ1n) is 7.26. The summed E-state index contributed by atoms with van der Waals surface area (Å²) in [6.07, 6.45) is 0.268. The summed E-state index contributed by atoms with van der Waals surface area (Å²) in [6, 6.07) is 5.32. The highest BCUT2D eigenvalue weighted by Gasteiger charge is 2.26. The zero-order valence-electron chi connectivity index (χ0n) is 12.8. The number of amides is 1. The molecule has 0 saturated heterocycles. The molecule has 0 bridgehead atoms. The summed E-state index contributed by atoms with van der Waals surface area (Å²) in [5, 5.41) is 11.5. The molecule has 6 N–H and O–H groups in total. The summed E-state index contributed by atoms with van der Waals surface area (Å²) in [5.41, 5.74) is 12.2. The smallest absolute Gasteiger partial charge is 0.303 e. The monoisotopic (exact) mass is 320 g/mol. The Hall–Kier alpha value is -2.77. The number of nitrogens with two attached hydrogens (primary N) is 2. The molecule has 1 aliphatic heterocycles. The van der Waals surface area contributed by atoms with Crippen molar-refractivity contribution >= 4 is 23.5 Å². The van der Waals surface area contributed by atoms with E-state index >= 15 is 0 Å². The van der Waals surface area contributed by atoms with E-state index in [1.165, 1.54) is 0 Å². The minimum Gasteiger partial charge on any atom is -0.481 e. The molecule has 124 valence electrons. The number of carbonyl (C=O) groups is 2. The first-order valence-corrected chi connectivity index (χ1v) is 7.26. The zero-order chi connectivity index (χ0) is 17.0. The van der Waals surface area contributed by atoms with Crippen LogP contribution in [-0.2, 0) is 16.0 Å². The number of hydrogen-bond acceptors (Lipinski definition) is 4. The van der Waals surface area contributed by atoms with E-state index in [1.54, 1.807) is 19.1 Å². The lowest BCUT2D eigenvalue weighted by Crippen LogP contribution is -2.30. The minimum absolute atomic E-state index is 0.0232. The molecule has 2 atom stereocenters. The molecule has 0 radical (unpaired) electrons. The number of aliphatic carboxylic acids is 1. The topological polar surface area (TPSA) is 140 Å². The summed E-state index contributed by atoms with van der Waals surface area (Å²) in [5.74, 6) is -0.935. The van der Waals surface area contributed by atoms with E-state index in [4.69, 9.17) is 21.3 Å². The number of aliphatic imine (C=N–C) groups is 1. The number of fused-ring (bicyclic) bond motifs is 1. The average molecular weight is 320 g/mol. The lowest BCUT2D eigenvalue weighted by Gasteiger charge is -2.25. The van der Waals surface area contributed by atoms with Crippen LogP contribution in [0, 0.1) is 5.92 Å². The van der Waals surface area contributed by atoms with Crippen molar-refractivity contribution in [2.75, 3.05) is 5.32 Å². The maximum Gasteiger partial charge on any atom is 0.303 e. The van der Waals surface area contributed by atoms with E-state index in [0.29, 0.717) is 24.3 Å². The maximum atomic E-state index is 12.0. The normalized spacial score (nSPS) is 17.6. The van der Waals surface area contributed by atoms with Gasteiger partial charge in [-0.05, 0) is 31.4 Å². The molecule has 1 aliphatic rings. The van der Waals surface area contributed by atoms with Crippen LogP contribution in [0.2, 0.25) is 0 Å². The van der Waals surface area contributed by atoms with Gasteiger partial charge in [0.05, 0.1) is 0 Å². The van der Waals surface area contributed by atoms with Crippen LogP contribution in [0.25, 0.3) is 0 Å². The molecule has 0 saturated carbocycles. The minimum atomic E-state index is -0.902. The van der Waals surface area contributed by atoms with Gasteiger partial charge < -0.3 is 26.6 Å². The van der Waals surface area contributed by atoms with Gasteiger partial charge in [-0.25, -0.2) is 4.99 Å². The van der Waals surface area contributed by atoms with Gasteiger partial charge >= 0.3 is 5.97 Å². The van der Waals surface area contributed by atoms with Gasteiger partial charge in [0.15, 0.2) is 12.2 Å². The van der Waals surface area contributed by atoms with Crippen molar-refractivity contribution in [3.8, 4) is 5.75 Å². The molecule has 1 amide bonds. The standard InChI is InChI=1S/C15H20N4O4/c1-8(18-15(16)17)23-11-4-2-9-6-10(3-5-13(20)21)14(22)19-12(9)7-11/h2,4,7-8,10H,3,5-6H2,1H3,(H,19,22)(H,20,21)(H4,16,17,18). The van der Waals surface area contributed by atoms with Crippen molar-refractivity contribution in [2.45, 2.75) is 32.4 Å². The average Bonchev–Trinajstić information content (AvgIpc) is 2.44. The summed E-state index contributed by atoms with van der Waals surface area (Å²) in [4.78, 5) is 26.5. The molecule has 8 nitrogen and oxygen atoms in total. The third-order valence-electron chi connectivity index (χ3n) is 3.52. The number of ether oxygens (including phenoxy) is 1. The first kappa shape index (κ1) is 16.6. The highest BCUT2D eigenvalue weighted by atomic mass is 16.5. The number of rotatable bonds is 6. The molecule has 0 aliphatic carbocycles. The zero-order valence-corrected chi connectivity index (χ0v) is 12.8. The first-order chi connectivity index (χ1) is 10.8. The SMILES string of the molecule is CC(N=C(N)N)Oc1ccc2c(c1)NC(=O)C(CCC(=O)O)C2. The fourth-order valence-electron chi connectivity index (χ4n) is 2.48. The van der Waals surface area contributed by atoms with Crippen LogP contribution in [0.4, 0.5) is 5.69 Å².